The summed E-state index contributed by atoms with van der Waals surface area (Å²) in [5.74, 6) is -0.467. The van der Waals surface area contributed by atoms with Crippen molar-refractivity contribution in [1.29, 1.82) is 0 Å². The summed E-state index contributed by atoms with van der Waals surface area (Å²) in [5, 5.41) is 10.4. The molecule has 5 rings (SSSR count). The largest absolute Gasteiger partial charge is 0.489 e. The third kappa shape index (κ3) is 4.65. The molecule has 2 aromatic heterocycles. The molecule has 10 heteroatoms. The minimum absolute atomic E-state index is 0.246. The van der Waals surface area contributed by atoms with Crippen LogP contribution in [-0.4, -0.2) is 20.2 Å². The van der Waals surface area contributed by atoms with Crippen LogP contribution in [0.15, 0.2) is 83.5 Å². The summed E-state index contributed by atoms with van der Waals surface area (Å²) in [7, 11) is 0. The second-order valence-electron chi connectivity index (χ2n) is 7.29. The number of nitrogens with zero attached hydrogens (tertiary/aromatic N) is 4. The summed E-state index contributed by atoms with van der Waals surface area (Å²) >= 11 is 0. The van der Waals surface area contributed by atoms with Crippen LogP contribution in [-0.2, 0) is 12.8 Å². The maximum absolute atomic E-state index is 12.8. The lowest BCUT2D eigenvalue weighted by atomic mass is 10.1. The minimum Gasteiger partial charge on any atom is -0.489 e. The van der Waals surface area contributed by atoms with Gasteiger partial charge in [0.25, 0.3) is 0 Å². The number of alkyl halides is 3. The highest BCUT2D eigenvalue weighted by molar-refractivity contribution is 5.93. The quantitative estimate of drug-likeness (QED) is 0.329. The van der Waals surface area contributed by atoms with Gasteiger partial charge < -0.3 is 14.5 Å². The fourth-order valence-corrected chi connectivity index (χ4v) is 3.26. The van der Waals surface area contributed by atoms with Crippen LogP contribution >= 0.6 is 0 Å². The molecule has 170 valence electrons. The molecule has 0 atom stereocenters. The maximum Gasteiger partial charge on any atom is 0.470 e. The Morgan fingerprint density at radius 1 is 0.882 bits per heavy atom. The Kier molecular flexibility index (Phi) is 5.54. The van der Waals surface area contributed by atoms with E-state index in [0.717, 1.165) is 11.3 Å². The summed E-state index contributed by atoms with van der Waals surface area (Å²) in [5.41, 5.74) is 2.73. The number of nitrogens with one attached hydrogen (secondary N) is 1. The molecule has 0 saturated heterocycles. The second kappa shape index (κ2) is 8.81. The number of fused-ring (bicyclic) bond motifs is 1. The van der Waals surface area contributed by atoms with Crippen molar-refractivity contribution in [1.82, 2.24) is 20.2 Å². The molecule has 34 heavy (non-hydrogen) atoms. The number of ether oxygens (including phenoxy) is 1. The number of benzene rings is 3. The first kappa shape index (κ1) is 21.4. The molecule has 3 aromatic carbocycles. The topological polar surface area (TPSA) is 86.0 Å². The van der Waals surface area contributed by atoms with Crippen molar-refractivity contribution in [3.63, 3.8) is 0 Å². The van der Waals surface area contributed by atoms with Crippen LogP contribution in [0.1, 0.15) is 11.5 Å². The number of halogens is 3. The molecule has 0 fully saturated rings. The summed E-state index contributed by atoms with van der Waals surface area (Å²) < 4.78 is 49.0. The monoisotopic (exact) mass is 463 g/mol. The first-order valence-electron chi connectivity index (χ1n) is 10.2. The van der Waals surface area contributed by atoms with Gasteiger partial charge in [0.15, 0.2) is 0 Å². The summed E-state index contributed by atoms with van der Waals surface area (Å²) in [6.45, 7) is 0.457. The van der Waals surface area contributed by atoms with Gasteiger partial charge in [-0.25, -0.2) is 9.97 Å². The molecule has 0 aliphatic heterocycles. The summed E-state index contributed by atoms with van der Waals surface area (Å²) in [4.78, 5) is 8.49. The molecule has 0 aliphatic carbocycles. The van der Waals surface area contributed by atoms with Crippen molar-refractivity contribution in [2.24, 2.45) is 0 Å². The van der Waals surface area contributed by atoms with E-state index in [1.165, 1.54) is 6.33 Å². The van der Waals surface area contributed by atoms with Crippen LogP contribution in [0, 0.1) is 0 Å². The van der Waals surface area contributed by atoms with Gasteiger partial charge in [-0.3, -0.25) is 0 Å². The van der Waals surface area contributed by atoms with Crippen LogP contribution in [0.2, 0.25) is 0 Å². The second-order valence-corrected chi connectivity index (χ2v) is 7.29. The van der Waals surface area contributed by atoms with Gasteiger partial charge in [0.2, 0.25) is 5.89 Å². The highest BCUT2D eigenvalue weighted by Gasteiger charge is 2.38. The molecule has 2 heterocycles. The van der Waals surface area contributed by atoms with Gasteiger partial charge >= 0.3 is 12.1 Å². The predicted octanol–water partition coefficient (Wildman–Crippen LogP) is 6.02. The zero-order valence-electron chi connectivity index (χ0n) is 17.5. The molecule has 0 saturated carbocycles. The molecule has 0 bridgehead atoms. The third-order valence-electron chi connectivity index (χ3n) is 4.92. The average Bonchev–Trinajstić information content (AvgIpc) is 3.36. The van der Waals surface area contributed by atoms with E-state index in [9.17, 15) is 13.2 Å². The third-order valence-corrected chi connectivity index (χ3v) is 4.92. The molecular formula is C24H16F3N5O2. The Morgan fingerprint density at radius 2 is 1.68 bits per heavy atom. The van der Waals surface area contributed by atoms with Crippen molar-refractivity contribution in [2.75, 3.05) is 5.32 Å². The van der Waals surface area contributed by atoms with Crippen LogP contribution in [0.25, 0.3) is 22.4 Å². The predicted molar refractivity (Wildman–Crippen MR) is 118 cm³/mol. The van der Waals surface area contributed by atoms with Gasteiger partial charge in [0.05, 0.1) is 5.52 Å². The van der Waals surface area contributed by atoms with Crippen molar-refractivity contribution in [3.8, 4) is 17.2 Å². The standard InChI is InChI=1S/C24H16F3N5O2/c25-24(26,27)23-32-31-22(34-23)16-6-11-20-19(12-16)21(29-14-28-20)30-17-7-9-18(10-8-17)33-13-15-4-2-1-3-5-15/h1-12,14H,13H2,(H,28,29,30). The van der Waals surface area contributed by atoms with E-state index in [1.54, 1.807) is 18.2 Å². The lowest BCUT2D eigenvalue weighted by Gasteiger charge is -2.10. The Balaban J connectivity index is 1.36. The van der Waals surface area contributed by atoms with Gasteiger partial charge in [0.1, 0.15) is 24.5 Å². The zero-order valence-corrected chi connectivity index (χ0v) is 17.5. The fraction of sp³-hybridized carbons (Fsp3) is 0.0833. The molecule has 0 aliphatic rings. The SMILES string of the molecule is FC(F)(F)c1nnc(-c2ccc3ncnc(Nc4ccc(OCc5ccccc5)cc4)c3c2)o1. The molecule has 1 N–H and O–H groups in total. The Morgan fingerprint density at radius 3 is 2.41 bits per heavy atom. The number of rotatable bonds is 6. The average molecular weight is 463 g/mol. The molecule has 0 spiro atoms. The van der Waals surface area contributed by atoms with Gasteiger partial charge in [-0.05, 0) is 48.0 Å². The highest BCUT2D eigenvalue weighted by atomic mass is 19.4. The molecule has 5 aromatic rings. The van der Waals surface area contributed by atoms with Crippen LogP contribution in [0.3, 0.4) is 0 Å². The van der Waals surface area contributed by atoms with E-state index < -0.39 is 12.1 Å². The minimum atomic E-state index is -4.71. The van der Waals surface area contributed by atoms with Gasteiger partial charge in [-0.1, -0.05) is 30.3 Å². The normalized spacial score (nSPS) is 11.5. The number of anilines is 2. The summed E-state index contributed by atoms with van der Waals surface area (Å²) in [6, 6.07) is 22.0. The molecule has 7 nitrogen and oxygen atoms in total. The van der Waals surface area contributed by atoms with E-state index >= 15 is 0 Å². The van der Waals surface area contributed by atoms with Crippen molar-refractivity contribution in [2.45, 2.75) is 12.8 Å². The Labute approximate surface area is 191 Å². The first-order chi connectivity index (χ1) is 16.5. The lowest BCUT2D eigenvalue weighted by Crippen LogP contribution is -2.04. The van der Waals surface area contributed by atoms with Crippen LogP contribution in [0.4, 0.5) is 24.7 Å². The van der Waals surface area contributed by atoms with Crippen molar-refractivity contribution < 1.29 is 22.3 Å². The van der Waals surface area contributed by atoms with Gasteiger partial charge in [0, 0.05) is 16.6 Å². The van der Waals surface area contributed by atoms with E-state index in [-0.39, 0.29) is 5.89 Å². The van der Waals surface area contributed by atoms with E-state index in [2.05, 4.69) is 25.5 Å². The number of hydrogen-bond acceptors (Lipinski definition) is 7. The molecule has 0 unspecified atom stereocenters. The first-order valence-corrected chi connectivity index (χ1v) is 10.2. The van der Waals surface area contributed by atoms with Crippen molar-refractivity contribution >= 4 is 22.4 Å². The van der Waals surface area contributed by atoms with E-state index in [4.69, 9.17) is 9.15 Å². The lowest BCUT2D eigenvalue weighted by molar-refractivity contribution is -0.156. The Hall–Kier alpha value is -4.47. The Bertz CT molecular complexity index is 1420. The maximum atomic E-state index is 12.8. The van der Waals surface area contributed by atoms with Gasteiger partial charge in [-0.2, -0.15) is 13.2 Å². The zero-order chi connectivity index (χ0) is 23.5. The fourth-order valence-electron chi connectivity index (χ4n) is 3.26. The summed E-state index contributed by atoms with van der Waals surface area (Å²) in [6.07, 6.45) is -3.31. The van der Waals surface area contributed by atoms with Crippen LogP contribution < -0.4 is 10.1 Å². The van der Waals surface area contributed by atoms with Crippen LogP contribution in [0.5, 0.6) is 5.75 Å². The number of hydrogen-bond donors (Lipinski definition) is 1. The number of aromatic nitrogens is 4. The molecule has 0 radical (unpaired) electrons. The smallest absolute Gasteiger partial charge is 0.470 e. The molecule has 0 amide bonds. The molecular weight excluding hydrogens is 447 g/mol. The van der Waals surface area contributed by atoms with Gasteiger partial charge in [-0.15, -0.1) is 10.2 Å². The van der Waals surface area contributed by atoms with Crippen molar-refractivity contribution in [3.05, 3.63) is 90.6 Å². The van der Waals surface area contributed by atoms with E-state index in [1.807, 2.05) is 54.6 Å². The highest BCUT2D eigenvalue weighted by Crippen LogP contribution is 2.32. The van der Waals surface area contributed by atoms with E-state index in [0.29, 0.717) is 34.6 Å².